The molecule has 36 heavy (non-hydrogen) atoms. The van der Waals surface area contributed by atoms with Gasteiger partial charge in [0.2, 0.25) is 5.90 Å². The van der Waals surface area contributed by atoms with E-state index in [1.807, 2.05) is 31.2 Å². The standard InChI is InChI=1S/C25H17BrCl2N2O6/c1-2-34-22-11-15(9-20(28)23(22)35-13-14-4-3-5-16(26)8-14)10-21-25(31)36-24(29-21)18-12-17(30(32)33)6-7-19(18)27/h3-12H,2,13H2,1H3/b21-10-. The van der Waals surface area contributed by atoms with Crippen LogP contribution in [0.3, 0.4) is 0 Å². The van der Waals surface area contributed by atoms with Crippen molar-refractivity contribution in [2.45, 2.75) is 13.5 Å². The molecule has 0 N–H and O–H groups in total. The largest absolute Gasteiger partial charge is 0.490 e. The summed E-state index contributed by atoms with van der Waals surface area (Å²) < 4.78 is 17.8. The van der Waals surface area contributed by atoms with E-state index < -0.39 is 10.9 Å². The molecular formula is C25H17BrCl2N2O6. The number of carbonyl (C=O) groups is 1. The number of benzene rings is 3. The second-order valence-electron chi connectivity index (χ2n) is 7.44. The number of aliphatic imine (C=N–C) groups is 1. The number of rotatable bonds is 8. The van der Waals surface area contributed by atoms with E-state index in [0.717, 1.165) is 10.0 Å². The number of nitrogens with zero attached hydrogens (tertiary/aromatic N) is 2. The summed E-state index contributed by atoms with van der Waals surface area (Å²) in [5.41, 5.74) is 1.34. The molecule has 0 saturated heterocycles. The fourth-order valence-electron chi connectivity index (χ4n) is 3.33. The number of hydrogen-bond donors (Lipinski definition) is 0. The minimum absolute atomic E-state index is 0.0334. The predicted molar refractivity (Wildman–Crippen MR) is 140 cm³/mol. The molecule has 0 saturated carbocycles. The molecule has 11 heteroatoms. The van der Waals surface area contributed by atoms with Gasteiger partial charge in [-0.3, -0.25) is 10.1 Å². The van der Waals surface area contributed by atoms with E-state index in [1.54, 1.807) is 12.1 Å². The van der Waals surface area contributed by atoms with Gasteiger partial charge in [-0.05, 0) is 54.5 Å². The molecule has 184 valence electrons. The molecule has 0 aliphatic carbocycles. The zero-order valence-corrected chi connectivity index (χ0v) is 21.8. The quantitative estimate of drug-likeness (QED) is 0.121. The number of esters is 1. The molecule has 0 bridgehead atoms. The van der Waals surface area contributed by atoms with Crippen molar-refractivity contribution >= 4 is 62.8 Å². The van der Waals surface area contributed by atoms with Gasteiger partial charge in [0.1, 0.15) is 6.61 Å². The van der Waals surface area contributed by atoms with E-state index in [9.17, 15) is 14.9 Å². The summed E-state index contributed by atoms with van der Waals surface area (Å²) in [6.45, 7) is 2.45. The van der Waals surface area contributed by atoms with Crippen LogP contribution in [-0.4, -0.2) is 23.4 Å². The van der Waals surface area contributed by atoms with Gasteiger partial charge >= 0.3 is 5.97 Å². The van der Waals surface area contributed by atoms with E-state index in [2.05, 4.69) is 20.9 Å². The van der Waals surface area contributed by atoms with Crippen LogP contribution in [0.25, 0.3) is 6.08 Å². The summed E-state index contributed by atoms with van der Waals surface area (Å²) in [5, 5.41) is 11.5. The number of halogens is 3. The Hall–Kier alpha value is -3.40. The Morgan fingerprint density at radius 3 is 2.64 bits per heavy atom. The highest BCUT2D eigenvalue weighted by Gasteiger charge is 2.27. The maximum absolute atomic E-state index is 12.5. The smallest absolute Gasteiger partial charge is 0.363 e. The zero-order valence-electron chi connectivity index (χ0n) is 18.7. The first-order chi connectivity index (χ1) is 17.2. The number of ether oxygens (including phenoxy) is 3. The summed E-state index contributed by atoms with van der Waals surface area (Å²) >= 11 is 16.1. The summed E-state index contributed by atoms with van der Waals surface area (Å²) in [6, 6.07) is 14.7. The van der Waals surface area contributed by atoms with E-state index >= 15 is 0 Å². The van der Waals surface area contributed by atoms with E-state index in [0.29, 0.717) is 23.7 Å². The number of carbonyl (C=O) groups excluding carboxylic acids is 1. The molecule has 0 amide bonds. The fraction of sp³-hybridized carbons (Fsp3) is 0.120. The molecule has 1 aliphatic heterocycles. The minimum Gasteiger partial charge on any atom is -0.490 e. The predicted octanol–water partition coefficient (Wildman–Crippen LogP) is 6.99. The molecule has 0 unspecified atom stereocenters. The second kappa shape index (κ2) is 11.1. The molecular weight excluding hydrogens is 575 g/mol. The summed E-state index contributed by atoms with van der Waals surface area (Å²) in [7, 11) is 0. The van der Waals surface area contributed by atoms with E-state index in [1.165, 1.54) is 24.3 Å². The third-order valence-corrected chi connectivity index (χ3v) is 6.02. The topological polar surface area (TPSA) is 100 Å². The van der Waals surface area contributed by atoms with Crippen LogP contribution in [0.2, 0.25) is 10.0 Å². The van der Waals surface area contributed by atoms with Crippen molar-refractivity contribution in [1.29, 1.82) is 0 Å². The molecule has 0 radical (unpaired) electrons. The maximum Gasteiger partial charge on any atom is 0.363 e. The van der Waals surface area contributed by atoms with Gasteiger partial charge in [0.15, 0.2) is 17.2 Å². The summed E-state index contributed by atoms with van der Waals surface area (Å²) in [5.74, 6) is -0.118. The zero-order chi connectivity index (χ0) is 25.8. The lowest BCUT2D eigenvalue weighted by molar-refractivity contribution is -0.384. The summed E-state index contributed by atoms with van der Waals surface area (Å²) in [4.78, 5) is 27.2. The number of non-ortho nitro benzene ring substituents is 1. The molecule has 0 atom stereocenters. The van der Waals surface area contributed by atoms with E-state index in [4.69, 9.17) is 37.4 Å². The number of cyclic esters (lactones) is 1. The first-order valence-corrected chi connectivity index (χ1v) is 12.1. The van der Waals surface area contributed by atoms with Gasteiger partial charge in [-0.1, -0.05) is 51.3 Å². The van der Waals surface area contributed by atoms with Crippen molar-refractivity contribution in [1.82, 2.24) is 0 Å². The van der Waals surface area contributed by atoms with Crippen molar-refractivity contribution in [3.63, 3.8) is 0 Å². The third kappa shape index (κ3) is 5.87. The lowest BCUT2D eigenvalue weighted by Gasteiger charge is -2.14. The van der Waals surface area contributed by atoms with Crippen molar-refractivity contribution in [3.05, 3.63) is 102 Å². The van der Waals surface area contributed by atoms with Crippen LogP contribution in [0.4, 0.5) is 5.69 Å². The average molecular weight is 592 g/mol. The van der Waals surface area contributed by atoms with Gasteiger partial charge < -0.3 is 14.2 Å². The summed E-state index contributed by atoms with van der Waals surface area (Å²) in [6.07, 6.45) is 1.47. The minimum atomic E-state index is -0.739. The van der Waals surface area contributed by atoms with Gasteiger partial charge in [-0.2, -0.15) is 0 Å². The van der Waals surface area contributed by atoms with Crippen LogP contribution >= 0.6 is 39.1 Å². The lowest BCUT2D eigenvalue weighted by Crippen LogP contribution is -2.06. The molecule has 4 rings (SSSR count). The third-order valence-electron chi connectivity index (χ3n) is 4.92. The van der Waals surface area contributed by atoms with E-state index in [-0.39, 0.29) is 39.5 Å². The molecule has 8 nitrogen and oxygen atoms in total. The van der Waals surface area contributed by atoms with Gasteiger partial charge in [0.25, 0.3) is 5.69 Å². The van der Waals surface area contributed by atoms with Gasteiger partial charge in [-0.15, -0.1) is 0 Å². The van der Waals surface area contributed by atoms with Gasteiger partial charge in [0, 0.05) is 16.6 Å². The Labute approximate surface area is 224 Å². The Balaban J connectivity index is 1.64. The highest BCUT2D eigenvalue weighted by atomic mass is 79.9. The van der Waals surface area contributed by atoms with Gasteiger partial charge in [-0.25, -0.2) is 9.79 Å². The fourth-order valence-corrected chi connectivity index (χ4v) is 4.25. The molecule has 3 aromatic rings. The van der Waals surface area contributed by atoms with Crippen molar-refractivity contribution in [3.8, 4) is 11.5 Å². The Morgan fingerprint density at radius 1 is 1.11 bits per heavy atom. The van der Waals surface area contributed by atoms with Crippen LogP contribution in [0, 0.1) is 10.1 Å². The molecule has 1 aliphatic rings. The van der Waals surface area contributed by atoms with Crippen LogP contribution in [0.5, 0.6) is 11.5 Å². The highest BCUT2D eigenvalue weighted by Crippen LogP contribution is 2.38. The number of nitro groups is 1. The Morgan fingerprint density at radius 2 is 1.92 bits per heavy atom. The molecule has 3 aromatic carbocycles. The monoisotopic (exact) mass is 590 g/mol. The lowest BCUT2D eigenvalue weighted by atomic mass is 10.1. The van der Waals surface area contributed by atoms with Gasteiger partial charge in [0.05, 0.1) is 27.1 Å². The molecule has 0 fully saturated rings. The van der Waals surface area contributed by atoms with Crippen molar-refractivity contribution in [2.24, 2.45) is 4.99 Å². The van der Waals surface area contributed by atoms with Crippen LogP contribution in [0.1, 0.15) is 23.6 Å². The number of nitro benzene ring substituents is 1. The first-order valence-electron chi connectivity index (χ1n) is 10.6. The normalized spacial score (nSPS) is 13.9. The molecule has 0 spiro atoms. The van der Waals surface area contributed by atoms with Crippen LogP contribution in [-0.2, 0) is 16.1 Å². The first kappa shape index (κ1) is 25.7. The molecule has 0 aromatic heterocycles. The SMILES string of the molecule is CCOc1cc(/C=C2\N=C(c3cc([N+](=O)[O-])ccc3Cl)OC2=O)cc(Cl)c1OCc1cccc(Br)c1. The maximum atomic E-state index is 12.5. The second-order valence-corrected chi connectivity index (χ2v) is 9.17. The van der Waals surface area contributed by atoms with Crippen LogP contribution < -0.4 is 9.47 Å². The number of hydrogen-bond acceptors (Lipinski definition) is 7. The van der Waals surface area contributed by atoms with Crippen molar-refractivity contribution in [2.75, 3.05) is 6.61 Å². The highest BCUT2D eigenvalue weighted by molar-refractivity contribution is 9.10. The Bertz CT molecular complexity index is 1420. The molecule has 1 heterocycles. The average Bonchev–Trinajstić information content (AvgIpc) is 3.18. The van der Waals surface area contributed by atoms with Crippen molar-refractivity contribution < 1.29 is 23.9 Å². The Kier molecular flexibility index (Phi) is 7.93. The van der Waals surface area contributed by atoms with Crippen LogP contribution in [0.15, 0.2) is 69.8 Å².